The van der Waals surface area contributed by atoms with Gasteiger partial charge in [0.05, 0.1) is 11.3 Å². The molecule has 0 atom stereocenters. The van der Waals surface area contributed by atoms with Crippen molar-refractivity contribution in [1.29, 1.82) is 0 Å². The number of aryl methyl sites for hydroxylation is 2. The summed E-state index contributed by atoms with van der Waals surface area (Å²) in [5.74, 6) is 1.87. The number of rotatable bonds is 4. The monoisotopic (exact) mass is 387 g/mol. The molecule has 1 saturated carbocycles. The van der Waals surface area contributed by atoms with Gasteiger partial charge in [-0.25, -0.2) is 0 Å². The summed E-state index contributed by atoms with van der Waals surface area (Å²) in [6, 6.07) is 9.95. The zero-order chi connectivity index (χ0) is 18.4. The van der Waals surface area contributed by atoms with E-state index in [4.69, 9.17) is 27.9 Å². The molecular formula is C20H19Cl2N3O. The predicted molar refractivity (Wildman–Crippen MR) is 104 cm³/mol. The van der Waals surface area contributed by atoms with Crippen molar-refractivity contribution in [3.8, 4) is 22.9 Å². The molecule has 26 heavy (non-hydrogen) atoms. The molecule has 3 aromatic rings. The van der Waals surface area contributed by atoms with E-state index < -0.39 is 0 Å². The highest BCUT2D eigenvalue weighted by atomic mass is 35.5. The lowest BCUT2D eigenvalue weighted by Gasteiger charge is -2.16. The van der Waals surface area contributed by atoms with Crippen molar-refractivity contribution in [1.82, 2.24) is 14.8 Å². The van der Waals surface area contributed by atoms with Crippen molar-refractivity contribution in [3.05, 3.63) is 57.3 Å². The first-order valence-electron chi connectivity index (χ1n) is 8.58. The van der Waals surface area contributed by atoms with Crippen LogP contribution in [-0.4, -0.2) is 14.8 Å². The molecule has 1 aliphatic carbocycles. The van der Waals surface area contributed by atoms with Gasteiger partial charge in [0.2, 0.25) is 5.88 Å². The van der Waals surface area contributed by atoms with E-state index in [-0.39, 0.29) is 0 Å². The van der Waals surface area contributed by atoms with Gasteiger partial charge in [-0.1, -0.05) is 41.4 Å². The van der Waals surface area contributed by atoms with Crippen LogP contribution in [0.3, 0.4) is 0 Å². The quantitative estimate of drug-likeness (QED) is 0.544. The predicted octanol–water partition coefficient (Wildman–Crippen LogP) is 6.08. The Balaban J connectivity index is 1.84. The number of hydrogen-bond acceptors (Lipinski definition) is 3. The topological polar surface area (TPSA) is 39.9 Å². The third-order valence-electron chi connectivity index (χ3n) is 4.81. The molecule has 4 rings (SSSR count). The fraction of sp³-hybridized carbons (Fsp3) is 0.300. The fourth-order valence-corrected chi connectivity index (χ4v) is 3.73. The Morgan fingerprint density at radius 3 is 2.50 bits per heavy atom. The van der Waals surface area contributed by atoms with Gasteiger partial charge in [-0.15, -0.1) is 10.2 Å². The van der Waals surface area contributed by atoms with Gasteiger partial charge in [0.25, 0.3) is 0 Å². The molecule has 0 spiro atoms. The molecule has 0 aliphatic heterocycles. The van der Waals surface area contributed by atoms with Crippen molar-refractivity contribution in [2.75, 3.05) is 0 Å². The Kier molecular flexibility index (Phi) is 4.41. The van der Waals surface area contributed by atoms with Crippen LogP contribution in [0.4, 0.5) is 0 Å². The van der Waals surface area contributed by atoms with Crippen molar-refractivity contribution >= 4 is 23.2 Å². The SMILES string of the molecule is Cc1cccc(C2CC2)c1Oc1nnc(Cl)cc1-c1c(C)cc(Cl)n1C. The second-order valence-electron chi connectivity index (χ2n) is 6.81. The summed E-state index contributed by atoms with van der Waals surface area (Å²) in [5.41, 5.74) is 5.04. The van der Waals surface area contributed by atoms with Crippen molar-refractivity contribution in [2.24, 2.45) is 7.05 Å². The van der Waals surface area contributed by atoms with Gasteiger partial charge in [0, 0.05) is 7.05 Å². The average molecular weight is 388 g/mol. The minimum Gasteiger partial charge on any atom is -0.436 e. The highest BCUT2D eigenvalue weighted by Gasteiger charge is 2.28. The van der Waals surface area contributed by atoms with E-state index in [2.05, 4.69) is 35.3 Å². The Morgan fingerprint density at radius 1 is 1.08 bits per heavy atom. The number of ether oxygens (including phenoxy) is 1. The van der Waals surface area contributed by atoms with E-state index in [0.717, 1.165) is 28.1 Å². The fourth-order valence-electron chi connectivity index (χ4n) is 3.34. The first-order valence-corrected chi connectivity index (χ1v) is 9.34. The first kappa shape index (κ1) is 17.4. The highest BCUT2D eigenvalue weighted by Crippen LogP contribution is 2.47. The van der Waals surface area contributed by atoms with E-state index in [0.29, 0.717) is 22.1 Å². The van der Waals surface area contributed by atoms with Crippen LogP contribution in [0.15, 0.2) is 30.3 Å². The first-order chi connectivity index (χ1) is 12.5. The molecule has 0 radical (unpaired) electrons. The molecule has 4 nitrogen and oxygen atoms in total. The van der Waals surface area contributed by atoms with Crippen LogP contribution in [-0.2, 0) is 7.05 Å². The molecule has 0 saturated heterocycles. The maximum absolute atomic E-state index is 6.31. The molecule has 0 amide bonds. The molecule has 134 valence electrons. The summed E-state index contributed by atoms with van der Waals surface area (Å²) >= 11 is 12.4. The number of hydrogen-bond donors (Lipinski definition) is 0. The van der Waals surface area contributed by atoms with Crippen LogP contribution >= 0.6 is 23.2 Å². The molecule has 0 N–H and O–H groups in total. The van der Waals surface area contributed by atoms with E-state index in [9.17, 15) is 0 Å². The molecule has 2 aromatic heterocycles. The van der Waals surface area contributed by atoms with Crippen molar-refractivity contribution < 1.29 is 4.74 Å². The molecule has 0 unspecified atom stereocenters. The smallest absolute Gasteiger partial charge is 0.248 e. The third kappa shape index (κ3) is 3.08. The van der Waals surface area contributed by atoms with Crippen LogP contribution in [0.5, 0.6) is 11.6 Å². The van der Waals surface area contributed by atoms with Gasteiger partial charge >= 0.3 is 0 Å². The minimum absolute atomic E-state index is 0.316. The molecule has 1 aliphatic rings. The lowest BCUT2D eigenvalue weighted by atomic mass is 10.1. The largest absolute Gasteiger partial charge is 0.436 e. The zero-order valence-corrected chi connectivity index (χ0v) is 16.4. The number of nitrogens with zero attached hydrogens (tertiary/aromatic N) is 3. The van der Waals surface area contributed by atoms with E-state index in [1.54, 1.807) is 6.07 Å². The van der Waals surface area contributed by atoms with Gasteiger partial charge in [0.1, 0.15) is 10.9 Å². The summed E-state index contributed by atoms with van der Waals surface area (Å²) in [6.07, 6.45) is 2.40. The summed E-state index contributed by atoms with van der Waals surface area (Å²) in [4.78, 5) is 0. The molecule has 1 aromatic carbocycles. The van der Waals surface area contributed by atoms with Crippen molar-refractivity contribution in [3.63, 3.8) is 0 Å². The van der Waals surface area contributed by atoms with Crippen LogP contribution in [0.1, 0.15) is 35.4 Å². The standard InChI is InChI=1S/C20H19Cl2N3O/c1-11-5-4-6-14(13-7-8-13)19(11)26-20-15(10-16(21)23-24-20)18-12(2)9-17(22)25(18)3/h4-6,9-10,13H,7-8H2,1-3H3. The number of para-hydroxylation sites is 1. The van der Waals surface area contributed by atoms with Crippen LogP contribution in [0, 0.1) is 13.8 Å². The summed E-state index contributed by atoms with van der Waals surface area (Å²) in [6.45, 7) is 4.05. The Bertz CT molecular complexity index is 993. The molecule has 2 heterocycles. The second-order valence-corrected chi connectivity index (χ2v) is 7.59. The van der Waals surface area contributed by atoms with E-state index in [1.165, 1.54) is 18.4 Å². The molecule has 6 heteroatoms. The Labute approximate surface area is 162 Å². The Hall–Kier alpha value is -2.04. The summed E-state index contributed by atoms with van der Waals surface area (Å²) < 4.78 is 8.21. The van der Waals surface area contributed by atoms with Gasteiger partial charge in [0.15, 0.2) is 5.15 Å². The summed E-state index contributed by atoms with van der Waals surface area (Å²) in [5, 5.41) is 9.20. The van der Waals surface area contributed by atoms with E-state index in [1.807, 2.05) is 24.6 Å². The van der Waals surface area contributed by atoms with Crippen molar-refractivity contribution in [2.45, 2.75) is 32.6 Å². The number of halogens is 2. The normalized spacial score (nSPS) is 13.9. The average Bonchev–Trinajstić information content (AvgIpc) is 3.39. The molecule has 1 fully saturated rings. The van der Waals surface area contributed by atoms with Gasteiger partial charge in [-0.3, -0.25) is 0 Å². The maximum atomic E-state index is 6.31. The zero-order valence-electron chi connectivity index (χ0n) is 14.9. The van der Waals surface area contributed by atoms with Crippen LogP contribution in [0.25, 0.3) is 11.3 Å². The van der Waals surface area contributed by atoms with Gasteiger partial charge in [-0.2, -0.15) is 0 Å². The summed E-state index contributed by atoms with van der Waals surface area (Å²) in [7, 11) is 1.91. The maximum Gasteiger partial charge on any atom is 0.248 e. The van der Waals surface area contributed by atoms with Crippen LogP contribution in [0.2, 0.25) is 10.3 Å². The number of aromatic nitrogens is 3. The second kappa shape index (κ2) is 6.60. The minimum atomic E-state index is 0.316. The highest BCUT2D eigenvalue weighted by molar-refractivity contribution is 6.30. The third-order valence-corrected chi connectivity index (χ3v) is 5.36. The molecule has 0 bridgehead atoms. The number of benzene rings is 1. The Morgan fingerprint density at radius 2 is 1.85 bits per heavy atom. The van der Waals surface area contributed by atoms with Gasteiger partial charge < -0.3 is 9.30 Å². The lowest BCUT2D eigenvalue weighted by molar-refractivity contribution is 0.448. The lowest BCUT2D eigenvalue weighted by Crippen LogP contribution is -2.01. The van der Waals surface area contributed by atoms with Gasteiger partial charge in [-0.05, 0) is 61.4 Å². The van der Waals surface area contributed by atoms with Crippen LogP contribution < -0.4 is 4.74 Å². The van der Waals surface area contributed by atoms with E-state index >= 15 is 0 Å². The molecular weight excluding hydrogens is 369 g/mol.